The van der Waals surface area contributed by atoms with Crippen molar-refractivity contribution in [2.45, 2.75) is 33.5 Å². The van der Waals surface area contributed by atoms with Crippen molar-refractivity contribution < 1.29 is 33.4 Å². The quantitative estimate of drug-likeness (QED) is 0.500. The van der Waals surface area contributed by atoms with Crippen molar-refractivity contribution in [3.63, 3.8) is 0 Å². The average Bonchev–Trinajstić information content (AvgIpc) is 3.13. The monoisotopic (exact) mass is 434 g/mol. The van der Waals surface area contributed by atoms with Gasteiger partial charge in [0.25, 0.3) is 5.91 Å². The highest BCUT2D eigenvalue weighted by atomic mass is 35.5. The number of hydrogen-bond donors (Lipinski definition) is 0. The molecule has 30 heavy (non-hydrogen) atoms. The summed E-state index contributed by atoms with van der Waals surface area (Å²) >= 11 is 6.29. The Hall–Kier alpha value is -3.20. The van der Waals surface area contributed by atoms with Crippen LogP contribution in [0.4, 0.5) is 0 Å². The zero-order valence-corrected chi connectivity index (χ0v) is 17.2. The highest BCUT2D eigenvalue weighted by molar-refractivity contribution is 6.32. The van der Waals surface area contributed by atoms with Crippen LogP contribution in [0.2, 0.25) is 5.02 Å². The van der Waals surface area contributed by atoms with E-state index in [0.29, 0.717) is 29.2 Å². The maximum atomic E-state index is 12.3. The SMILES string of the molecule is CC(=O)OCC(=O)OCc1cc2c3c(cnc2cc1Cl)CN(C(=O)COC(C)=O)C3. The van der Waals surface area contributed by atoms with Crippen LogP contribution in [0.1, 0.15) is 30.5 Å². The number of rotatable bonds is 6. The number of amides is 1. The standard InChI is InChI=1S/C20H19ClN2O7/c1-11(24)28-9-19(26)23-6-14-5-22-18-4-17(21)13(3-15(18)16(14)7-23)8-30-20(27)10-29-12(2)25/h3-5H,6-10H2,1-2H3. The van der Waals surface area contributed by atoms with Gasteiger partial charge in [0.2, 0.25) is 0 Å². The minimum Gasteiger partial charge on any atom is -0.458 e. The molecule has 0 saturated carbocycles. The van der Waals surface area contributed by atoms with Crippen LogP contribution < -0.4 is 0 Å². The van der Waals surface area contributed by atoms with Crippen molar-refractivity contribution >= 4 is 46.3 Å². The maximum Gasteiger partial charge on any atom is 0.344 e. The van der Waals surface area contributed by atoms with Gasteiger partial charge in [-0.1, -0.05) is 11.6 Å². The fourth-order valence-electron chi connectivity index (χ4n) is 3.03. The van der Waals surface area contributed by atoms with E-state index in [1.54, 1.807) is 23.2 Å². The van der Waals surface area contributed by atoms with E-state index in [9.17, 15) is 19.2 Å². The van der Waals surface area contributed by atoms with E-state index in [1.165, 1.54) is 13.8 Å². The molecule has 9 nitrogen and oxygen atoms in total. The topological polar surface area (TPSA) is 112 Å². The lowest BCUT2D eigenvalue weighted by molar-refractivity contribution is -0.158. The van der Waals surface area contributed by atoms with Crippen LogP contribution >= 0.6 is 11.6 Å². The molecule has 3 rings (SSSR count). The van der Waals surface area contributed by atoms with Crippen LogP contribution in [0.5, 0.6) is 0 Å². The molecule has 158 valence electrons. The molecule has 0 saturated heterocycles. The van der Waals surface area contributed by atoms with Crippen molar-refractivity contribution in [1.29, 1.82) is 0 Å². The fourth-order valence-corrected chi connectivity index (χ4v) is 3.24. The van der Waals surface area contributed by atoms with Gasteiger partial charge in [-0.25, -0.2) is 4.79 Å². The molecule has 10 heteroatoms. The van der Waals surface area contributed by atoms with Crippen LogP contribution in [-0.4, -0.2) is 46.9 Å². The van der Waals surface area contributed by atoms with Gasteiger partial charge in [-0.15, -0.1) is 0 Å². The summed E-state index contributed by atoms with van der Waals surface area (Å²) in [6.07, 6.45) is 1.69. The van der Waals surface area contributed by atoms with Crippen molar-refractivity contribution in [2.75, 3.05) is 13.2 Å². The number of halogens is 1. The average molecular weight is 435 g/mol. The lowest BCUT2D eigenvalue weighted by Gasteiger charge is -2.15. The smallest absolute Gasteiger partial charge is 0.344 e. The number of benzene rings is 1. The van der Waals surface area contributed by atoms with Gasteiger partial charge in [-0.05, 0) is 23.3 Å². The molecular weight excluding hydrogens is 416 g/mol. The first-order valence-electron chi connectivity index (χ1n) is 9.03. The van der Waals surface area contributed by atoms with E-state index in [4.69, 9.17) is 21.1 Å². The lowest BCUT2D eigenvalue weighted by atomic mass is 10.0. The summed E-state index contributed by atoms with van der Waals surface area (Å²) in [4.78, 5) is 51.6. The number of aromatic nitrogens is 1. The number of hydrogen-bond acceptors (Lipinski definition) is 8. The van der Waals surface area contributed by atoms with Crippen molar-refractivity contribution in [3.8, 4) is 0 Å². The fraction of sp³-hybridized carbons (Fsp3) is 0.350. The van der Waals surface area contributed by atoms with Gasteiger partial charge in [0.1, 0.15) is 6.61 Å². The minimum absolute atomic E-state index is 0.104. The first kappa shape index (κ1) is 21.5. The molecule has 0 atom stereocenters. The molecule has 0 bridgehead atoms. The minimum atomic E-state index is -0.694. The van der Waals surface area contributed by atoms with Crippen molar-refractivity contribution in [3.05, 3.63) is 40.0 Å². The molecule has 1 aromatic carbocycles. The number of carbonyl (C=O) groups is 4. The predicted molar refractivity (Wildman–Crippen MR) is 104 cm³/mol. The first-order chi connectivity index (χ1) is 14.2. The molecule has 2 aromatic rings. The van der Waals surface area contributed by atoms with E-state index in [-0.39, 0.29) is 19.1 Å². The Morgan fingerprint density at radius 2 is 1.73 bits per heavy atom. The number of nitrogens with zero attached hydrogens (tertiary/aromatic N) is 2. The third-order valence-corrected chi connectivity index (χ3v) is 4.83. The summed E-state index contributed by atoms with van der Waals surface area (Å²) in [5, 5.41) is 1.15. The van der Waals surface area contributed by atoms with Gasteiger partial charge in [0, 0.05) is 49.1 Å². The Bertz CT molecular complexity index is 1040. The molecule has 0 N–H and O–H groups in total. The molecule has 0 spiro atoms. The van der Waals surface area contributed by atoms with E-state index < -0.39 is 24.5 Å². The highest BCUT2D eigenvalue weighted by Crippen LogP contribution is 2.32. The first-order valence-corrected chi connectivity index (χ1v) is 9.41. The molecule has 0 fully saturated rings. The van der Waals surface area contributed by atoms with Gasteiger partial charge in [-0.2, -0.15) is 0 Å². The molecule has 1 aliphatic heterocycles. The summed E-state index contributed by atoms with van der Waals surface area (Å²) in [5.74, 6) is -2.09. The number of fused-ring (bicyclic) bond motifs is 3. The molecule has 2 heterocycles. The highest BCUT2D eigenvalue weighted by Gasteiger charge is 2.26. The number of esters is 3. The van der Waals surface area contributed by atoms with E-state index in [2.05, 4.69) is 9.72 Å². The summed E-state index contributed by atoms with van der Waals surface area (Å²) < 4.78 is 14.5. The number of carbonyl (C=O) groups excluding carboxylic acids is 4. The van der Waals surface area contributed by atoms with E-state index in [0.717, 1.165) is 16.5 Å². The van der Waals surface area contributed by atoms with Gasteiger partial charge in [-0.3, -0.25) is 19.4 Å². The molecular formula is C20H19ClN2O7. The molecule has 0 aliphatic carbocycles. The third-order valence-electron chi connectivity index (χ3n) is 4.48. The zero-order valence-electron chi connectivity index (χ0n) is 16.4. The summed E-state index contributed by atoms with van der Waals surface area (Å²) in [5.41, 5.74) is 2.97. The predicted octanol–water partition coefficient (Wildman–Crippen LogP) is 1.90. The Morgan fingerprint density at radius 3 is 2.43 bits per heavy atom. The summed E-state index contributed by atoms with van der Waals surface area (Å²) in [6.45, 7) is 2.24. The maximum absolute atomic E-state index is 12.3. The molecule has 1 aliphatic rings. The van der Waals surface area contributed by atoms with Gasteiger partial charge in [0.05, 0.1) is 5.52 Å². The Balaban J connectivity index is 1.77. The zero-order chi connectivity index (χ0) is 21.8. The van der Waals surface area contributed by atoms with Crippen LogP contribution in [0.15, 0.2) is 18.3 Å². The van der Waals surface area contributed by atoms with Crippen LogP contribution in [0.25, 0.3) is 10.9 Å². The Labute approximate surface area is 176 Å². The van der Waals surface area contributed by atoms with Gasteiger partial charge < -0.3 is 19.1 Å². The second-order valence-electron chi connectivity index (χ2n) is 6.69. The summed E-state index contributed by atoms with van der Waals surface area (Å²) in [7, 11) is 0. The largest absolute Gasteiger partial charge is 0.458 e. The Morgan fingerprint density at radius 1 is 1.03 bits per heavy atom. The normalized spacial score (nSPS) is 12.4. The molecule has 0 radical (unpaired) electrons. The van der Waals surface area contributed by atoms with Gasteiger partial charge in [0.15, 0.2) is 13.2 Å². The number of pyridine rings is 1. The van der Waals surface area contributed by atoms with Gasteiger partial charge >= 0.3 is 17.9 Å². The second-order valence-corrected chi connectivity index (χ2v) is 7.10. The molecule has 1 amide bonds. The lowest BCUT2D eigenvalue weighted by Crippen LogP contribution is -2.29. The third kappa shape index (κ3) is 5.04. The second kappa shape index (κ2) is 9.08. The number of ether oxygens (including phenoxy) is 3. The van der Waals surface area contributed by atoms with E-state index >= 15 is 0 Å². The summed E-state index contributed by atoms with van der Waals surface area (Å²) in [6, 6.07) is 3.43. The van der Waals surface area contributed by atoms with Crippen LogP contribution in [0, 0.1) is 0 Å². The van der Waals surface area contributed by atoms with Crippen molar-refractivity contribution in [2.24, 2.45) is 0 Å². The molecule has 0 unspecified atom stereocenters. The van der Waals surface area contributed by atoms with Crippen molar-refractivity contribution in [1.82, 2.24) is 9.88 Å². The van der Waals surface area contributed by atoms with E-state index in [1.807, 2.05) is 0 Å². The Kier molecular flexibility index (Phi) is 6.51. The molecule has 1 aromatic heterocycles. The van der Waals surface area contributed by atoms with Crippen LogP contribution in [-0.2, 0) is 53.1 Å². The van der Waals surface area contributed by atoms with Crippen LogP contribution in [0.3, 0.4) is 0 Å².